The van der Waals surface area contributed by atoms with Gasteiger partial charge >= 0.3 is 0 Å². The van der Waals surface area contributed by atoms with E-state index in [1.807, 2.05) is 31.2 Å². The van der Waals surface area contributed by atoms with E-state index in [4.69, 9.17) is 4.74 Å². The van der Waals surface area contributed by atoms with Crippen molar-refractivity contribution in [2.75, 3.05) is 12.9 Å². The topological polar surface area (TPSA) is 64.1 Å². The first-order valence-corrected chi connectivity index (χ1v) is 10.6. The van der Waals surface area contributed by atoms with Crippen molar-refractivity contribution in [3.05, 3.63) is 46.1 Å². The average molecular weight is 402 g/mol. The van der Waals surface area contributed by atoms with E-state index in [2.05, 4.69) is 29.1 Å². The highest BCUT2D eigenvalue weighted by molar-refractivity contribution is 8.00. The highest BCUT2D eigenvalue weighted by atomic mass is 32.2. The maximum Gasteiger partial charge on any atom is 0.230 e. The third-order valence-electron chi connectivity index (χ3n) is 4.27. The Balaban J connectivity index is 1.66. The number of hydrogen-bond acceptors (Lipinski definition) is 6. The van der Waals surface area contributed by atoms with Crippen LogP contribution in [-0.2, 0) is 17.8 Å². The van der Waals surface area contributed by atoms with Crippen LogP contribution in [0.15, 0.2) is 29.3 Å². The van der Waals surface area contributed by atoms with Crippen molar-refractivity contribution in [2.45, 2.75) is 38.8 Å². The smallest absolute Gasteiger partial charge is 0.230 e. The van der Waals surface area contributed by atoms with Crippen molar-refractivity contribution in [2.24, 2.45) is 0 Å². The van der Waals surface area contributed by atoms with E-state index in [-0.39, 0.29) is 5.91 Å². The molecule has 0 atom stereocenters. The van der Waals surface area contributed by atoms with Gasteiger partial charge in [-0.15, -0.1) is 11.3 Å². The lowest BCUT2D eigenvalue weighted by Gasteiger charge is -2.08. The third kappa shape index (κ3) is 4.59. The van der Waals surface area contributed by atoms with Gasteiger partial charge in [-0.05, 0) is 43.5 Å². The summed E-state index contributed by atoms with van der Waals surface area (Å²) in [6.45, 7) is 6.66. The van der Waals surface area contributed by atoms with Crippen LogP contribution in [0.25, 0.3) is 10.2 Å². The molecule has 1 amide bonds. The second-order valence-corrected chi connectivity index (χ2v) is 8.33. The minimum absolute atomic E-state index is 0.00904. The number of thioether (sulfide) groups is 1. The van der Waals surface area contributed by atoms with Gasteiger partial charge in [0, 0.05) is 16.8 Å². The number of thiophene rings is 1. The van der Waals surface area contributed by atoms with E-state index in [1.165, 1.54) is 22.2 Å². The van der Waals surface area contributed by atoms with Crippen LogP contribution in [0.2, 0.25) is 0 Å². The van der Waals surface area contributed by atoms with Crippen LogP contribution in [0, 0.1) is 13.8 Å². The fourth-order valence-corrected chi connectivity index (χ4v) is 5.05. The second kappa shape index (κ2) is 8.71. The van der Waals surface area contributed by atoms with E-state index in [0.717, 1.165) is 38.8 Å². The molecule has 0 saturated carbocycles. The van der Waals surface area contributed by atoms with Gasteiger partial charge in [0.1, 0.15) is 21.4 Å². The van der Waals surface area contributed by atoms with Gasteiger partial charge in [-0.2, -0.15) is 0 Å². The SMILES string of the molecule is CCc1c(C)sc2nc(C)nc(SCC(=O)NCc3ccc(OC)cc3)c12. The number of carbonyl (C=O) groups is 1. The zero-order chi connectivity index (χ0) is 19.4. The Morgan fingerprint density at radius 3 is 2.63 bits per heavy atom. The van der Waals surface area contributed by atoms with Crippen molar-refractivity contribution < 1.29 is 9.53 Å². The number of ether oxygens (including phenoxy) is 1. The Kier molecular flexibility index (Phi) is 6.34. The van der Waals surface area contributed by atoms with Gasteiger partial charge in [0.2, 0.25) is 5.91 Å². The third-order valence-corrected chi connectivity index (χ3v) is 6.29. The lowest BCUT2D eigenvalue weighted by molar-refractivity contribution is -0.118. The first-order valence-electron chi connectivity index (χ1n) is 8.80. The fraction of sp³-hybridized carbons (Fsp3) is 0.350. The number of rotatable bonds is 7. The molecule has 3 aromatic rings. The predicted molar refractivity (Wildman–Crippen MR) is 112 cm³/mol. The van der Waals surface area contributed by atoms with Crippen LogP contribution in [0.1, 0.15) is 28.8 Å². The molecule has 142 valence electrons. The number of carbonyl (C=O) groups excluding carboxylic acids is 1. The van der Waals surface area contributed by atoms with Gasteiger partial charge in [-0.3, -0.25) is 4.79 Å². The molecule has 0 aliphatic rings. The van der Waals surface area contributed by atoms with E-state index in [1.54, 1.807) is 18.4 Å². The number of benzene rings is 1. The summed E-state index contributed by atoms with van der Waals surface area (Å²) in [7, 11) is 1.64. The number of amides is 1. The van der Waals surface area contributed by atoms with Crippen molar-refractivity contribution >= 4 is 39.2 Å². The van der Waals surface area contributed by atoms with Crippen LogP contribution in [0.4, 0.5) is 0 Å². The molecule has 3 rings (SSSR count). The van der Waals surface area contributed by atoms with E-state index in [0.29, 0.717) is 12.3 Å². The normalized spacial score (nSPS) is 11.0. The summed E-state index contributed by atoms with van der Waals surface area (Å²) in [6.07, 6.45) is 0.940. The van der Waals surface area contributed by atoms with E-state index >= 15 is 0 Å². The van der Waals surface area contributed by atoms with Crippen molar-refractivity contribution in [3.8, 4) is 5.75 Å². The summed E-state index contributed by atoms with van der Waals surface area (Å²) in [5, 5.41) is 4.97. The van der Waals surface area contributed by atoms with Gasteiger partial charge < -0.3 is 10.1 Å². The van der Waals surface area contributed by atoms with Crippen molar-refractivity contribution in [1.82, 2.24) is 15.3 Å². The Morgan fingerprint density at radius 2 is 1.96 bits per heavy atom. The monoisotopic (exact) mass is 401 g/mol. The molecule has 5 nitrogen and oxygen atoms in total. The molecule has 0 saturated heterocycles. The maximum atomic E-state index is 12.3. The molecule has 0 unspecified atom stereocenters. The molecule has 0 bridgehead atoms. The molecule has 0 spiro atoms. The van der Waals surface area contributed by atoms with Gasteiger partial charge in [-0.1, -0.05) is 30.8 Å². The fourth-order valence-electron chi connectivity index (χ4n) is 2.90. The van der Waals surface area contributed by atoms with Crippen molar-refractivity contribution in [1.29, 1.82) is 0 Å². The number of nitrogens with zero attached hydrogens (tertiary/aromatic N) is 2. The summed E-state index contributed by atoms with van der Waals surface area (Å²) < 4.78 is 5.15. The average Bonchev–Trinajstić information content (AvgIpc) is 2.99. The van der Waals surface area contributed by atoms with Gasteiger partial charge in [0.05, 0.1) is 12.9 Å². The molecule has 0 fully saturated rings. The van der Waals surface area contributed by atoms with E-state index in [9.17, 15) is 4.79 Å². The predicted octanol–water partition coefficient (Wildman–Crippen LogP) is 4.29. The number of nitrogens with one attached hydrogen (secondary N) is 1. The van der Waals surface area contributed by atoms with Gasteiger partial charge in [0.25, 0.3) is 0 Å². The highest BCUT2D eigenvalue weighted by Gasteiger charge is 2.16. The van der Waals surface area contributed by atoms with Crippen LogP contribution < -0.4 is 10.1 Å². The molecule has 2 heterocycles. The Labute approximate surface area is 167 Å². The molecular weight excluding hydrogens is 378 g/mol. The molecular formula is C20H23N3O2S2. The Hall–Kier alpha value is -2.12. The number of aromatic nitrogens is 2. The molecule has 1 N–H and O–H groups in total. The molecule has 1 aromatic carbocycles. The minimum Gasteiger partial charge on any atom is -0.497 e. The Morgan fingerprint density at radius 1 is 1.22 bits per heavy atom. The highest BCUT2D eigenvalue weighted by Crippen LogP contribution is 2.35. The van der Waals surface area contributed by atoms with Crippen LogP contribution >= 0.6 is 23.1 Å². The largest absolute Gasteiger partial charge is 0.497 e. The van der Waals surface area contributed by atoms with Crippen LogP contribution in [0.5, 0.6) is 5.75 Å². The summed E-state index contributed by atoms with van der Waals surface area (Å²) in [5.41, 5.74) is 2.33. The molecule has 27 heavy (non-hydrogen) atoms. The van der Waals surface area contributed by atoms with E-state index < -0.39 is 0 Å². The zero-order valence-electron chi connectivity index (χ0n) is 16.0. The summed E-state index contributed by atoms with van der Waals surface area (Å²) in [4.78, 5) is 23.7. The van der Waals surface area contributed by atoms with Gasteiger partial charge in [0.15, 0.2) is 0 Å². The standard InChI is InChI=1S/C20H23N3O2S2/c1-5-16-12(2)27-20-18(16)19(22-13(3)23-20)26-11-17(24)21-10-14-6-8-15(25-4)9-7-14/h6-9H,5,10-11H2,1-4H3,(H,21,24). The molecule has 0 aliphatic heterocycles. The van der Waals surface area contributed by atoms with Gasteiger partial charge in [-0.25, -0.2) is 9.97 Å². The van der Waals surface area contributed by atoms with Crippen molar-refractivity contribution in [3.63, 3.8) is 0 Å². The number of fused-ring (bicyclic) bond motifs is 1. The van der Waals surface area contributed by atoms with Crippen LogP contribution in [0.3, 0.4) is 0 Å². The maximum absolute atomic E-state index is 12.3. The zero-order valence-corrected chi connectivity index (χ0v) is 17.6. The van der Waals surface area contributed by atoms with Crippen LogP contribution in [-0.4, -0.2) is 28.7 Å². The molecule has 2 aromatic heterocycles. The number of aryl methyl sites for hydroxylation is 3. The molecule has 0 aliphatic carbocycles. The molecule has 0 radical (unpaired) electrons. The summed E-state index contributed by atoms with van der Waals surface area (Å²) in [5.74, 6) is 1.87. The number of hydrogen-bond donors (Lipinski definition) is 1. The second-order valence-electron chi connectivity index (χ2n) is 6.16. The summed E-state index contributed by atoms with van der Waals surface area (Å²) in [6, 6.07) is 7.68. The molecule has 7 heteroatoms. The summed E-state index contributed by atoms with van der Waals surface area (Å²) >= 11 is 3.18. The number of methoxy groups -OCH3 is 1. The lowest BCUT2D eigenvalue weighted by Crippen LogP contribution is -2.24. The lowest BCUT2D eigenvalue weighted by atomic mass is 10.1. The first-order chi connectivity index (χ1) is 13.0. The minimum atomic E-state index is -0.00904. The Bertz CT molecular complexity index is 952. The first kappa shape index (κ1) is 19.6. The quantitative estimate of drug-likeness (QED) is 0.473.